The summed E-state index contributed by atoms with van der Waals surface area (Å²) in [7, 11) is 0. The molecule has 1 saturated heterocycles. The van der Waals surface area contributed by atoms with Crippen LogP contribution in [-0.2, 0) is 11.2 Å². The largest absolute Gasteiger partial charge is 0.368 e. The molecule has 0 spiro atoms. The van der Waals surface area contributed by atoms with E-state index in [1.54, 1.807) is 6.07 Å². The van der Waals surface area contributed by atoms with E-state index in [-0.39, 0.29) is 17.7 Å². The molecule has 9 heteroatoms. The first kappa shape index (κ1) is 25.6. The minimum absolute atomic E-state index is 0.0303. The number of anilines is 2. The number of halogens is 2. The van der Waals surface area contributed by atoms with E-state index in [2.05, 4.69) is 37.2 Å². The first-order chi connectivity index (χ1) is 17.0. The van der Waals surface area contributed by atoms with Gasteiger partial charge in [0.2, 0.25) is 5.91 Å². The van der Waals surface area contributed by atoms with Crippen LogP contribution in [0.5, 0.6) is 0 Å². The number of nitrogens with one attached hydrogen (secondary N) is 1. The first-order valence-corrected chi connectivity index (χ1v) is 13.5. The Balaban J connectivity index is 1.26. The first-order valence-electron chi connectivity index (χ1n) is 11.7. The third-order valence-electron chi connectivity index (χ3n) is 5.90. The van der Waals surface area contributed by atoms with Gasteiger partial charge in [0, 0.05) is 49.0 Å². The van der Waals surface area contributed by atoms with Gasteiger partial charge in [-0.3, -0.25) is 4.79 Å². The zero-order chi connectivity index (χ0) is 24.6. The number of benzene rings is 2. The molecule has 2 heterocycles. The topological polar surface area (TPSA) is 61.4 Å². The van der Waals surface area contributed by atoms with Crippen LogP contribution in [0.3, 0.4) is 0 Å². The summed E-state index contributed by atoms with van der Waals surface area (Å²) in [6, 6.07) is 20.1. The van der Waals surface area contributed by atoms with Crippen LogP contribution in [-0.4, -0.2) is 53.8 Å². The maximum Gasteiger partial charge on any atom is 0.230 e. The van der Waals surface area contributed by atoms with E-state index in [1.165, 1.54) is 17.3 Å². The molecule has 0 bridgehead atoms. The molecule has 184 valence electrons. The fourth-order valence-corrected chi connectivity index (χ4v) is 5.02. The molecular formula is C26H29Cl2N5OS. The minimum Gasteiger partial charge on any atom is -0.368 e. The molecular weight excluding hydrogens is 501 g/mol. The van der Waals surface area contributed by atoms with Crippen molar-refractivity contribution < 1.29 is 4.79 Å². The molecule has 4 rings (SSSR count). The Morgan fingerprint density at radius 3 is 2.40 bits per heavy atom. The smallest absolute Gasteiger partial charge is 0.230 e. The van der Waals surface area contributed by atoms with Gasteiger partial charge in [0.1, 0.15) is 11.0 Å². The molecule has 1 amide bonds. The summed E-state index contributed by atoms with van der Waals surface area (Å²) in [6.07, 6.45) is 1.82. The summed E-state index contributed by atoms with van der Waals surface area (Å²) in [6.45, 7) is 5.41. The fraction of sp³-hybridized carbons (Fsp3) is 0.346. The number of rotatable bonds is 9. The molecule has 6 nitrogen and oxygen atoms in total. The van der Waals surface area contributed by atoms with Crippen LogP contribution in [0.15, 0.2) is 65.8 Å². The minimum atomic E-state index is -0.0303. The Hall–Kier alpha value is -2.48. The van der Waals surface area contributed by atoms with Crippen LogP contribution in [0, 0.1) is 0 Å². The van der Waals surface area contributed by atoms with E-state index in [0.717, 1.165) is 55.5 Å². The summed E-state index contributed by atoms with van der Waals surface area (Å²) in [5.41, 5.74) is 2.44. The molecule has 1 aromatic heterocycles. The average Bonchev–Trinajstić information content (AvgIpc) is 2.87. The highest BCUT2D eigenvalue weighted by Crippen LogP contribution is 2.25. The Morgan fingerprint density at radius 1 is 1.00 bits per heavy atom. The highest BCUT2D eigenvalue weighted by atomic mass is 35.5. The number of carbonyl (C=O) groups is 1. The normalized spacial score (nSPS) is 14.6. The van der Waals surface area contributed by atoms with Gasteiger partial charge in [-0.1, -0.05) is 65.3 Å². The zero-order valence-electron chi connectivity index (χ0n) is 19.7. The van der Waals surface area contributed by atoms with E-state index in [0.29, 0.717) is 10.3 Å². The standard InChI is InChI=1S/C26H29Cl2N5OS/c1-19(7-8-20-5-3-2-4-6-20)29-25(34)18-35-26-30-23(28)17-24(31-26)33-15-13-32(14-16-33)22-11-9-21(27)10-12-22/h2-6,9-12,17,19H,7-8,13-16,18H2,1H3,(H,29,34). The van der Waals surface area contributed by atoms with Gasteiger partial charge in [-0.15, -0.1) is 0 Å². The fourth-order valence-electron chi connectivity index (χ4n) is 4.00. The highest BCUT2D eigenvalue weighted by molar-refractivity contribution is 7.99. The number of hydrogen-bond donors (Lipinski definition) is 1. The number of hydrogen-bond acceptors (Lipinski definition) is 6. The van der Waals surface area contributed by atoms with Gasteiger partial charge in [-0.2, -0.15) is 0 Å². The third kappa shape index (κ3) is 7.75. The van der Waals surface area contributed by atoms with Crippen molar-refractivity contribution in [3.8, 4) is 0 Å². The Labute approximate surface area is 221 Å². The Bertz CT molecular complexity index is 1110. The van der Waals surface area contributed by atoms with Crippen molar-refractivity contribution in [2.45, 2.75) is 31.0 Å². The molecule has 0 saturated carbocycles. The SMILES string of the molecule is CC(CCc1ccccc1)NC(=O)CSc1nc(Cl)cc(N2CCN(c3ccc(Cl)cc3)CC2)n1. The molecule has 2 aromatic carbocycles. The van der Waals surface area contributed by atoms with Crippen LogP contribution < -0.4 is 15.1 Å². The lowest BCUT2D eigenvalue weighted by Gasteiger charge is -2.36. The Kier molecular flexibility index (Phi) is 9.12. The molecule has 1 unspecified atom stereocenters. The predicted octanol–water partition coefficient (Wildman–Crippen LogP) is 5.34. The van der Waals surface area contributed by atoms with Gasteiger partial charge in [0.25, 0.3) is 0 Å². The van der Waals surface area contributed by atoms with E-state index in [1.807, 2.05) is 49.4 Å². The van der Waals surface area contributed by atoms with Gasteiger partial charge in [0.15, 0.2) is 5.16 Å². The van der Waals surface area contributed by atoms with Crippen molar-refractivity contribution in [3.05, 3.63) is 76.4 Å². The van der Waals surface area contributed by atoms with Crippen molar-refractivity contribution in [1.29, 1.82) is 0 Å². The molecule has 1 aliphatic rings. The van der Waals surface area contributed by atoms with Gasteiger partial charge in [0.05, 0.1) is 5.75 Å². The molecule has 3 aromatic rings. The van der Waals surface area contributed by atoms with Crippen molar-refractivity contribution in [3.63, 3.8) is 0 Å². The third-order valence-corrected chi connectivity index (χ3v) is 7.20. The summed E-state index contributed by atoms with van der Waals surface area (Å²) in [4.78, 5) is 26.0. The average molecular weight is 531 g/mol. The number of amides is 1. The summed E-state index contributed by atoms with van der Waals surface area (Å²) in [5.74, 6) is 1.01. The number of aryl methyl sites for hydroxylation is 1. The molecule has 0 radical (unpaired) electrons. The molecule has 1 N–H and O–H groups in total. The molecule has 35 heavy (non-hydrogen) atoms. The second kappa shape index (κ2) is 12.5. The van der Waals surface area contributed by atoms with E-state index >= 15 is 0 Å². The number of thioether (sulfide) groups is 1. The zero-order valence-corrected chi connectivity index (χ0v) is 22.0. The lowest BCUT2D eigenvalue weighted by atomic mass is 10.1. The Morgan fingerprint density at radius 2 is 1.69 bits per heavy atom. The van der Waals surface area contributed by atoms with E-state index in [4.69, 9.17) is 23.2 Å². The van der Waals surface area contributed by atoms with Gasteiger partial charge < -0.3 is 15.1 Å². The lowest BCUT2D eigenvalue weighted by Crippen LogP contribution is -2.46. The van der Waals surface area contributed by atoms with Gasteiger partial charge >= 0.3 is 0 Å². The number of carbonyl (C=O) groups excluding carboxylic acids is 1. The van der Waals surface area contributed by atoms with Crippen LogP contribution in [0.2, 0.25) is 10.2 Å². The molecule has 1 fully saturated rings. The van der Waals surface area contributed by atoms with E-state index in [9.17, 15) is 4.79 Å². The van der Waals surface area contributed by atoms with Crippen LogP contribution in [0.4, 0.5) is 11.5 Å². The van der Waals surface area contributed by atoms with Crippen molar-refractivity contribution in [1.82, 2.24) is 15.3 Å². The maximum atomic E-state index is 12.5. The second-order valence-electron chi connectivity index (χ2n) is 8.56. The second-order valence-corrected chi connectivity index (χ2v) is 10.3. The predicted molar refractivity (Wildman–Crippen MR) is 146 cm³/mol. The van der Waals surface area contributed by atoms with Gasteiger partial charge in [-0.05, 0) is 49.6 Å². The monoisotopic (exact) mass is 529 g/mol. The number of piperazine rings is 1. The van der Waals surface area contributed by atoms with Gasteiger partial charge in [-0.25, -0.2) is 9.97 Å². The lowest BCUT2D eigenvalue weighted by molar-refractivity contribution is -0.119. The summed E-state index contributed by atoms with van der Waals surface area (Å²) < 4.78 is 0. The van der Waals surface area contributed by atoms with Crippen molar-refractivity contribution in [2.75, 3.05) is 41.7 Å². The molecule has 0 aliphatic carbocycles. The summed E-state index contributed by atoms with van der Waals surface area (Å²) >= 11 is 13.6. The van der Waals surface area contributed by atoms with E-state index < -0.39 is 0 Å². The maximum absolute atomic E-state index is 12.5. The van der Waals surface area contributed by atoms with Crippen LogP contribution in [0.25, 0.3) is 0 Å². The molecule has 1 aliphatic heterocycles. The quantitative estimate of drug-likeness (QED) is 0.229. The molecule has 1 atom stereocenters. The van der Waals surface area contributed by atoms with Crippen molar-refractivity contribution in [2.24, 2.45) is 0 Å². The van der Waals surface area contributed by atoms with Crippen LogP contribution >= 0.6 is 35.0 Å². The number of nitrogens with zero attached hydrogens (tertiary/aromatic N) is 4. The number of aromatic nitrogens is 2. The highest BCUT2D eigenvalue weighted by Gasteiger charge is 2.20. The van der Waals surface area contributed by atoms with Crippen LogP contribution in [0.1, 0.15) is 18.9 Å². The summed E-state index contributed by atoms with van der Waals surface area (Å²) in [5, 5.41) is 4.70. The van der Waals surface area contributed by atoms with Crippen molar-refractivity contribution >= 4 is 52.4 Å².